The van der Waals surface area contributed by atoms with Crippen LogP contribution in [-0.4, -0.2) is 5.97 Å². The van der Waals surface area contributed by atoms with Gasteiger partial charge in [0, 0.05) is 4.47 Å². The maximum atomic E-state index is 11.9. The van der Waals surface area contributed by atoms with Gasteiger partial charge >= 0.3 is 5.97 Å². The third-order valence-corrected chi connectivity index (χ3v) is 3.14. The van der Waals surface area contributed by atoms with Crippen molar-refractivity contribution in [3.8, 4) is 5.75 Å². The van der Waals surface area contributed by atoms with E-state index in [0.717, 1.165) is 10.0 Å². The van der Waals surface area contributed by atoms with Crippen molar-refractivity contribution < 1.29 is 9.53 Å². The molecule has 0 aliphatic rings. The van der Waals surface area contributed by atoms with Gasteiger partial charge in [-0.15, -0.1) is 0 Å². The van der Waals surface area contributed by atoms with Gasteiger partial charge < -0.3 is 4.74 Å². The summed E-state index contributed by atoms with van der Waals surface area (Å²) in [5, 5.41) is 0.394. The Labute approximate surface area is 119 Å². The Hall–Kier alpha value is -1.32. The molecule has 92 valence electrons. The minimum Gasteiger partial charge on any atom is -0.421 e. The molecule has 18 heavy (non-hydrogen) atoms. The van der Waals surface area contributed by atoms with Gasteiger partial charge in [0.05, 0.1) is 10.6 Å². The van der Waals surface area contributed by atoms with Crippen molar-refractivity contribution in [2.45, 2.75) is 6.92 Å². The Morgan fingerprint density at radius 2 is 2.00 bits per heavy atom. The molecule has 0 amide bonds. The third-order valence-electron chi connectivity index (χ3n) is 2.35. The summed E-state index contributed by atoms with van der Waals surface area (Å²) in [6, 6.07) is 12.3. The number of hydrogen-bond acceptors (Lipinski definition) is 2. The number of benzene rings is 2. The van der Waals surface area contributed by atoms with Crippen LogP contribution in [0.3, 0.4) is 0 Å². The van der Waals surface area contributed by atoms with Gasteiger partial charge in [0.1, 0.15) is 5.75 Å². The fourth-order valence-electron chi connectivity index (χ4n) is 1.49. The Bertz CT molecular complexity index is 596. The van der Waals surface area contributed by atoms with Crippen LogP contribution < -0.4 is 4.74 Å². The van der Waals surface area contributed by atoms with Crippen LogP contribution in [-0.2, 0) is 0 Å². The molecule has 2 rings (SSSR count). The maximum Gasteiger partial charge on any atom is 0.343 e. The Balaban J connectivity index is 2.21. The molecule has 0 fully saturated rings. The largest absolute Gasteiger partial charge is 0.421 e. The zero-order chi connectivity index (χ0) is 13.1. The number of esters is 1. The molecule has 0 unspecified atom stereocenters. The molecule has 0 atom stereocenters. The summed E-state index contributed by atoms with van der Waals surface area (Å²) in [7, 11) is 0. The molecule has 0 radical (unpaired) electrons. The van der Waals surface area contributed by atoms with Crippen LogP contribution in [0.2, 0.25) is 5.02 Å². The molecule has 2 aromatic carbocycles. The summed E-state index contributed by atoms with van der Waals surface area (Å²) in [6.07, 6.45) is 0. The number of hydrogen-bond donors (Lipinski definition) is 0. The van der Waals surface area contributed by atoms with Gasteiger partial charge in [-0.05, 0) is 37.3 Å². The molecule has 0 aliphatic carbocycles. The number of carbonyl (C=O) groups excluding carboxylic acids is 1. The Morgan fingerprint density at radius 1 is 1.22 bits per heavy atom. The first-order chi connectivity index (χ1) is 8.56. The van der Waals surface area contributed by atoms with Crippen LogP contribution in [0.5, 0.6) is 5.75 Å². The lowest BCUT2D eigenvalue weighted by Crippen LogP contribution is -2.08. The van der Waals surface area contributed by atoms with Gasteiger partial charge in [-0.1, -0.05) is 45.2 Å². The van der Waals surface area contributed by atoms with E-state index in [2.05, 4.69) is 15.9 Å². The van der Waals surface area contributed by atoms with Gasteiger partial charge in [-0.2, -0.15) is 0 Å². The summed E-state index contributed by atoms with van der Waals surface area (Å²) in [4.78, 5) is 11.9. The van der Waals surface area contributed by atoms with Crippen molar-refractivity contribution in [1.29, 1.82) is 0 Å². The van der Waals surface area contributed by atoms with Crippen LogP contribution in [0.25, 0.3) is 0 Å². The monoisotopic (exact) mass is 324 g/mol. The third kappa shape index (κ3) is 3.12. The first-order valence-electron chi connectivity index (χ1n) is 5.30. The molecule has 2 aromatic rings. The van der Waals surface area contributed by atoms with Crippen molar-refractivity contribution in [3.63, 3.8) is 0 Å². The zero-order valence-electron chi connectivity index (χ0n) is 9.61. The zero-order valence-corrected chi connectivity index (χ0v) is 12.0. The van der Waals surface area contributed by atoms with E-state index in [1.807, 2.05) is 19.1 Å². The Morgan fingerprint density at radius 3 is 2.67 bits per heavy atom. The van der Waals surface area contributed by atoms with E-state index in [0.29, 0.717) is 16.3 Å². The smallest absolute Gasteiger partial charge is 0.343 e. The number of rotatable bonds is 2. The van der Waals surface area contributed by atoms with E-state index >= 15 is 0 Å². The lowest BCUT2D eigenvalue weighted by molar-refractivity contribution is 0.0734. The average molecular weight is 326 g/mol. The molecule has 0 N–H and O–H groups in total. The SMILES string of the molecule is Cc1cccc(C(=O)Oc2ccc(Br)cc2Cl)c1. The second-order valence-corrected chi connectivity index (χ2v) is 5.16. The minimum atomic E-state index is -0.414. The quantitative estimate of drug-likeness (QED) is 0.594. The molecule has 4 heteroatoms. The first-order valence-corrected chi connectivity index (χ1v) is 6.47. The number of ether oxygens (including phenoxy) is 1. The highest BCUT2D eigenvalue weighted by molar-refractivity contribution is 9.10. The summed E-state index contributed by atoms with van der Waals surface area (Å²) in [5.41, 5.74) is 1.51. The van der Waals surface area contributed by atoms with Gasteiger partial charge in [0.15, 0.2) is 0 Å². The molecule has 0 saturated heterocycles. The number of aryl methyl sites for hydroxylation is 1. The summed E-state index contributed by atoms with van der Waals surface area (Å²) in [5.74, 6) is -0.0608. The van der Waals surface area contributed by atoms with Crippen LogP contribution >= 0.6 is 27.5 Å². The van der Waals surface area contributed by atoms with Crippen molar-refractivity contribution in [2.75, 3.05) is 0 Å². The fourth-order valence-corrected chi connectivity index (χ4v) is 2.20. The predicted molar refractivity (Wildman–Crippen MR) is 75.3 cm³/mol. The number of carbonyl (C=O) groups is 1. The van der Waals surface area contributed by atoms with Crippen LogP contribution in [0, 0.1) is 6.92 Å². The van der Waals surface area contributed by atoms with E-state index in [4.69, 9.17) is 16.3 Å². The predicted octanol–water partition coefficient (Wildman–Crippen LogP) is 4.63. The van der Waals surface area contributed by atoms with Crippen LogP contribution in [0.1, 0.15) is 15.9 Å². The van der Waals surface area contributed by atoms with E-state index in [1.54, 1.807) is 30.3 Å². The van der Waals surface area contributed by atoms with Crippen molar-refractivity contribution in [3.05, 3.63) is 63.1 Å². The fraction of sp³-hybridized carbons (Fsp3) is 0.0714. The molecule has 0 bridgehead atoms. The van der Waals surface area contributed by atoms with Gasteiger partial charge in [0.25, 0.3) is 0 Å². The van der Waals surface area contributed by atoms with Crippen LogP contribution in [0.4, 0.5) is 0 Å². The molecule has 0 aromatic heterocycles. The van der Waals surface area contributed by atoms with Crippen molar-refractivity contribution in [2.24, 2.45) is 0 Å². The minimum absolute atomic E-state index is 0.353. The van der Waals surface area contributed by atoms with Gasteiger partial charge in [-0.3, -0.25) is 0 Å². The number of halogens is 2. The molecule has 2 nitrogen and oxygen atoms in total. The van der Waals surface area contributed by atoms with E-state index in [1.165, 1.54) is 0 Å². The van der Waals surface area contributed by atoms with E-state index in [9.17, 15) is 4.79 Å². The van der Waals surface area contributed by atoms with Gasteiger partial charge in [0.2, 0.25) is 0 Å². The second kappa shape index (κ2) is 5.55. The maximum absolute atomic E-state index is 11.9. The normalized spacial score (nSPS) is 10.2. The molecular weight excluding hydrogens is 316 g/mol. The molecule has 0 spiro atoms. The lowest BCUT2D eigenvalue weighted by atomic mass is 10.1. The Kier molecular flexibility index (Phi) is 4.04. The average Bonchev–Trinajstić information content (AvgIpc) is 2.32. The highest BCUT2D eigenvalue weighted by atomic mass is 79.9. The summed E-state index contributed by atoms with van der Waals surface area (Å²) < 4.78 is 6.09. The van der Waals surface area contributed by atoms with Crippen molar-refractivity contribution in [1.82, 2.24) is 0 Å². The topological polar surface area (TPSA) is 26.3 Å². The highest BCUT2D eigenvalue weighted by Gasteiger charge is 2.11. The standard InChI is InChI=1S/C14H10BrClO2/c1-9-3-2-4-10(7-9)14(17)18-13-6-5-11(15)8-12(13)16/h2-8H,1H3. The summed E-state index contributed by atoms with van der Waals surface area (Å²) in [6.45, 7) is 1.92. The van der Waals surface area contributed by atoms with Crippen LogP contribution in [0.15, 0.2) is 46.9 Å². The van der Waals surface area contributed by atoms with Crippen molar-refractivity contribution >= 4 is 33.5 Å². The molecular formula is C14H10BrClO2. The second-order valence-electron chi connectivity index (χ2n) is 3.83. The molecule has 0 saturated carbocycles. The summed E-state index contributed by atoms with van der Waals surface area (Å²) >= 11 is 9.28. The highest BCUT2D eigenvalue weighted by Crippen LogP contribution is 2.28. The molecule has 0 heterocycles. The van der Waals surface area contributed by atoms with E-state index in [-0.39, 0.29) is 0 Å². The molecule has 0 aliphatic heterocycles. The van der Waals surface area contributed by atoms with E-state index < -0.39 is 5.97 Å². The van der Waals surface area contributed by atoms with Gasteiger partial charge in [-0.25, -0.2) is 4.79 Å². The lowest BCUT2D eigenvalue weighted by Gasteiger charge is -2.06. The first kappa shape index (κ1) is 13.1.